The van der Waals surface area contributed by atoms with E-state index in [0.29, 0.717) is 0 Å². The van der Waals surface area contributed by atoms with Gasteiger partial charge in [-0.2, -0.15) is 0 Å². The summed E-state index contributed by atoms with van der Waals surface area (Å²) in [5, 5.41) is 36.9. The first-order chi connectivity index (χ1) is 17.2. The molecule has 0 saturated heterocycles. The Morgan fingerprint density at radius 2 is 1.00 bits per heavy atom. The Kier molecular flexibility index (Phi) is 7.94. The average Bonchev–Trinajstić information content (AvgIpc) is 2.89. The summed E-state index contributed by atoms with van der Waals surface area (Å²) in [5.41, 5.74) is 0.237. The molecule has 0 heterocycles. The van der Waals surface area contributed by atoms with E-state index in [2.05, 4.69) is 0 Å². The van der Waals surface area contributed by atoms with Crippen LogP contribution < -0.4 is 0 Å². The van der Waals surface area contributed by atoms with Gasteiger partial charge in [0, 0.05) is 22.8 Å². The fourth-order valence-corrected chi connectivity index (χ4v) is 3.26. The first-order valence-electron chi connectivity index (χ1n) is 10.5. The predicted octanol–water partition coefficient (Wildman–Crippen LogP) is 4.64. The lowest BCUT2D eigenvalue weighted by atomic mass is 9.96. The van der Waals surface area contributed by atoms with Gasteiger partial charge in [0.25, 0.3) is 0 Å². The molecule has 0 amide bonds. The zero-order chi connectivity index (χ0) is 26.2. The molecule has 0 radical (unpaired) electrons. The van der Waals surface area contributed by atoms with E-state index < -0.39 is 29.0 Å². The van der Waals surface area contributed by atoms with Gasteiger partial charge in [0.1, 0.15) is 11.5 Å². The second kappa shape index (κ2) is 11.3. The molecule has 0 spiro atoms. The Morgan fingerprint density at radius 3 is 1.47 bits per heavy atom. The summed E-state index contributed by atoms with van der Waals surface area (Å²) in [6.45, 7) is 0. The average molecular weight is 484 g/mol. The summed E-state index contributed by atoms with van der Waals surface area (Å²) < 4.78 is 0. The van der Waals surface area contributed by atoms with Crippen molar-refractivity contribution in [1.82, 2.24) is 0 Å². The third-order valence-corrected chi connectivity index (χ3v) is 5.04. The van der Waals surface area contributed by atoms with Crippen molar-refractivity contribution in [2.75, 3.05) is 0 Å². The van der Waals surface area contributed by atoms with Gasteiger partial charge in [0.2, 0.25) is 0 Å². The summed E-state index contributed by atoms with van der Waals surface area (Å²) >= 11 is 0. The third-order valence-electron chi connectivity index (χ3n) is 5.04. The van der Waals surface area contributed by atoms with Crippen LogP contribution in [0.5, 0.6) is 11.5 Å². The molecular formula is C28H20O8. The van der Waals surface area contributed by atoms with Crippen molar-refractivity contribution in [2.24, 2.45) is 0 Å². The first kappa shape index (κ1) is 25.4. The van der Waals surface area contributed by atoms with Gasteiger partial charge >= 0.3 is 11.9 Å². The minimum absolute atomic E-state index is 0.0752. The van der Waals surface area contributed by atoms with E-state index in [0.717, 1.165) is 41.5 Å². The Bertz CT molecular complexity index is 1390. The van der Waals surface area contributed by atoms with Gasteiger partial charge in [0.15, 0.2) is 11.6 Å². The number of aromatic carboxylic acids is 2. The van der Waals surface area contributed by atoms with E-state index in [1.54, 1.807) is 0 Å². The number of hydrogen-bond donors (Lipinski definition) is 4. The molecule has 0 aliphatic rings. The smallest absolute Gasteiger partial charge is 0.336 e. The molecular weight excluding hydrogens is 464 g/mol. The number of carboxylic acids is 2. The molecule has 0 fully saturated rings. The molecule has 0 aliphatic carbocycles. The summed E-state index contributed by atoms with van der Waals surface area (Å²) in [6, 6.07) is 24.9. The summed E-state index contributed by atoms with van der Waals surface area (Å²) in [6.07, 6.45) is 0. The van der Waals surface area contributed by atoms with E-state index in [1.807, 2.05) is 60.7 Å². The number of benzene rings is 4. The zero-order valence-electron chi connectivity index (χ0n) is 18.7. The van der Waals surface area contributed by atoms with E-state index in [4.69, 9.17) is 10.2 Å². The van der Waals surface area contributed by atoms with Crippen LogP contribution in [0.2, 0.25) is 0 Å². The lowest BCUT2D eigenvalue weighted by Gasteiger charge is -2.08. The van der Waals surface area contributed by atoms with Gasteiger partial charge in [0.05, 0.1) is 16.7 Å². The highest BCUT2D eigenvalue weighted by Crippen LogP contribution is 2.26. The summed E-state index contributed by atoms with van der Waals surface area (Å²) in [5.74, 6) is -4.28. The minimum atomic E-state index is -1.47. The largest absolute Gasteiger partial charge is 0.508 e. The molecule has 0 bridgehead atoms. The number of hydrogen-bond acceptors (Lipinski definition) is 6. The second-order valence-corrected chi connectivity index (χ2v) is 7.46. The lowest BCUT2D eigenvalue weighted by Crippen LogP contribution is -2.11. The van der Waals surface area contributed by atoms with Gasteiger partial charge in [-0.25, -0.2) is 9.59 Å². The van der Waals surface area contributed by atoms with Crippen LogP contribution in [-0.2, 0) is 0 Å². The highest BCUT2D eigenvalue weighted by Gasteiger charge is 2.22. The van der Waals surface area contributed by atoms with Crippen LogP contribution in [0.25, 0.3) is 0 Å². The zero-order valence-corrected chi connectivity index (χ0v) is 18.7. The van der Waals surface area contributed by atoms with Crippen LogP contribution in [0.3, 0.4) is 0 Å². The van der Waals surface area contributed by atoms with E-state index >= 15 is 0 Å². The van der Waals surface area contributed by atoms with Crippen molar-refractivity contribution in [3.8, 4) is 11.5 Å². The Labute approximate surface area is 205 Å². The topological polar surface area (TPSA) is 149 Å². The van der Waals surface area contributed by atoms with Crippen molar-refractivity contribution < 1.29 is 39.6 Å². The number of phenols is 2. The molecule has 4 N–H and O–H groups in total. The molecule has 180 valence electrons. The molecule has 36 heavy (non-hydrogen) atoms. The molecule has 0 aliphatic heterocycles. The standard InChI is InChI=1S/C15H10O7.C13H10O/c16-8-2-4-10(12(17)6-8)13(18)9-3-1-7(14(19)20)5-11(9)15(21)22;14-13(11-7-3-1-4-8-11)12-9-5-2-6-10-12/h1-6,16-17H,(H,19,20)(H,21,22);1-10H. The van der Waals surface area contributed by atoms with Crippen LogP contribution in [0, 0.1) is 0 Å². The molecule has 8 heteroatoms. The predicted molar refractivity (Wildman–Crippen MR) is 130 cm³/mol. The van der Waals surface area contributed by atoms with E-state index in [9.17, 15) is 29.4 Å². The molecule has 4 aromatic rings. The van der Waals surface area contributed by atoms with E-state index in [1.165, 1.54) is 6.07 Å². The Balaban J connectivity index is 0.000000221. The molecule has 0 aromatic heterocycles. The quantitative estimate of drug-likeness (QED) is 0.289. The van der Waals surface area contributed by atoms with Crippen molar-refractivity contribution in [1.29, 1.82) is 0 Å². The van der Waals surface area contributed by atoms with Crippen LogP contribution >= 0.6 is 0 Å². The highest BCUT2D eigenvalue weighted by molar-refractivity contribution is 6.16. The van der Waals surface area contributed by atoms with Crippen molar-refractivity contribution in [3.63, 3.8) is 0 Å². The fraction of sp³-hybridized carbons (Fsp3) is 0. The number of phenolic OH excluding ortho intramolecular Hbond substituents is 2. The monoisotopic (exact) mass is 484 g/mol. The Hall–Kier alpha value is -5.24. The van der Waals surface area contributed by atoms with Gasteiger partial charge in [-0.15, -0.1) is 0 Å². The fourth-order valence-electron chi connectivity index (χ4n) is 3.26. The molecule has 0 saturated carbocycles. The van der Waals surface area contributed by atoms with Gasteiger partial charge in [-0.3, -0.25) is 9.59 Å². The molecule has 8 nitrogen and oxygen atoms in total. The maximum Gasteiger partial charge on any atom is 0.336 e. The number of aromatic hydroxyl groups is 2. The normalized spacial score (nSPS) is 10.0. The molecule has 0 unspecified atom stereocenters. The minimum Gasteiger partial charge on any atom is -0.508 e. The maximum absolute atomic E-state index is 12.3. The highest BCUT2D eigenvalue weighted by atomic mass is 16.4. The number of carboxylic acid groups (broad SMARTS) is 2. The van der Waals surface area contributed by atoms with E-state index in [-0.39, 0.29) is 28.2 Å². The van der Waals surface area contributed by atoms with Crippen LogP contribution in [0.15, 0.2) is 97.1 Å². The van der Waals surface area contributed by atoms with Crippen LogP contribution in [0.4, 0.5) is 0 Å². The molecule has 4 aromatic carbocycles. The number of carbonyl (C=O) groups is 4. The van der Waals surface area contributed by atoms with Gasteiger partial charge in [-0.1, -0.05) is 60.7 Å². The van der Waals surface area contributed by atoms with Crippen LogP contribution in [0.1, 0.15) is 52.6 Å². The van der Waals surface area contributed by atoms with Crippen molar-refractivity contribution in [3.05, 3.63) is 130 Å². The summed E-state index contributed by atoms with van der Waals surface area (Å²) in [4.78, 5) is 46.3. The van der Waals surface area contributed by atoms with Crippen molar-refractivity contribution in [2.45, 2.75) is 0 Å². The Morgan fingerprint density at radius 1 is 0.472 bits per heavy atom. The number of carbonyl (C=O) groups excluding carboxylic acids is 2. The maximum atomic E-state index is 12.3. The SMILES string of the molecule is O=C(O)c1ccc(C(=O)c2ccc(O)cc2O)c(C(=O)O)c1.O=C(c1ccccc1)c1ccccc1. The number of ketones is 2. The summed E-state index contributed by atoms with van der Waals surface area (Å²) in [7, 11) is 0. The third kappa shape index (κ3) is 6.00. The van der Waals surface area contributed by atoms with Crippen LogP contribution in [-0.4, -0.2) is 43.9 Å². The lowest BCUT2D eigenvalue weighted by molar-refractivity contribution is 0.0692. The molecule has 0 atom stereocenters. The van der Waals surface area contributed by atoms with Gasteiger partial charge in [-0.05, 0) is 30.3 Å². The van der Waals surface area contributed by atoms with Crippen molar-refractivity contribution >= 4 is 23.5 Å². The van der Waals surface area contributed by atoms with Gasteiger partial charge < -0.3 is 20.4 Å². The second-order valence-electron chi connectivity index (χ2n) is 7.46. The first-order valence-corrected chi connectivity index (χ1v) is 10.5. The number of rotatable bonds is 6. The molecule has 4 rings (SSSR count).